The summed E-state index contributed by atoms with van der Waals surface area (Å²) in [4.78, 5) is 9.28. The van der Waals surface area contributed by atoms with Crippen LogP contribution in [-0.4, -0.2) is 26.9 Å². The average Bonchev–Trinajstić information content (AvgIpc) is 3.19. The minimum Gasteiger partial charge on any atom is -0.387 e. The largest absolute Gasteiger partial charge is 0.387 e. The fourth-order valence-electron chi connectivity index (χ4n) is 1.77. The number of benzene rings is 1. The van der Waals surface area contributed by atoms with Gasteiger partial charge in [-0.05, 0) is 18.8 Å². The monoisotopic (exact) mass is 303 g/mol. The van der Waals surface area contributed by atoms with Crippen LogP contribution in [0.25, 0.3) is 0 Å². The topological polar surface area (TPSA) is 101 Å². The highest BCUT2D eigenvalue weighted by molar-refractivity contribution is 7.89. The molecule has 0 aromatic heterocycles. The van der Waals surface area contributed by atoms with E-state index in [0.29, 0.717) is 12.0 Å². The van der Waals surface area contributed by atoms with Gasteiger partial charge in [-0.25, -0.2) is 17.5 Å². The maximum Gasteiger partial charge on any atom is 0.274 e. The Kier molecular flexibility index (Phi) is 3.91. The van der Waals surface area contributed by atoms with E-state index in [1.807, 2.05) is 0 Å². The van der Waals surface area contributed by atoms with Gasteiger partial charge in [-0.15, -0.1) is 0 Å². The van der Waals surface area contributed by atoms with Crippen molar-refractivity contribution in [1.29, 1.82) is 0 Å². The van der Waals surface area contributed by atoms with Gasteiger partial charge in [-0.2, -0.15) is 0 Å². The lowest BCUT2D eigenvalue weighted by Crippen LogP contribution is -2.27. The van der Waals surface area contributed by atoms with Gasteiger partial charge < -0.3 is 5.32 Å². The molecule has 2 rings (SSSR count). The van der Waals surface area contributed by atoms with Crippen molar-refractivity contribution < 1.29 is 17.7 Å². The normalized spacial score (nSPS) is 15.1. The number of halogens is 1. The molecular weight excluding hydrogens is 289 g/mol. The molecule has 0 saturated heterocycles. The van der Waals surface area contributed by atoms with E-state index < -0.39 is 31.3 Å². The molecule has 0 bridgehead atoms. The van der Waals surface area contributed by atoms with Crippen LogP contribution < -0.4 is 10.0 Å². The van der Waals surface area contributed by atoms with Crippen LogP contribution >= 0.6 is 0 Å². The van der Waals surface area contributed by atoms with Crippen molar-refractivity contribution in [1.82, 2.24) is 4.72 Å². The Morgan fingerprint density at radius 3 is 2.60 bits per heavy atom. The first-order valence-electron chi connectivity index (χ1n) is 6.00. The standard InChI is InChI=1S/C11H14FN3O4S/c1-13-10-5-8(15(16)17)4-9(12)11(10)20(18,19)14-6-7-2-3-7/h4-5,7,13-14H,2-3,6H2,1H3. The average molecular weight is 303 g/mol. The Bertz CT molecular complexity index is 643. The Labute approximate surface area is 115 Å². The Hall–Kier alpha value is -1.74. The van der Waals surface area contributed by atoms with Crippen molar-refractivity contribution in [2.45, 2.75) is 17.7 Å². The molecule has 7 nitrogen and oxygen atoms in total. The molecule has 0 unspecified atom stereocenters. The van der Waals surface area contributed by atoms with Gasteiger partial charge in [0.05, 0.1) is 16.7 Å². The van der Waals surface area contributed by atoms with Crippen molar-refractivity contribution in [3.05, 3.63) is 28.1 Å². The van der Waals surface area contributed by atoms with Gasteiger partial charge in [-0.1, -0.05) is 0 Å². The summed E-state index contributed by atoms with van der Waals surface area (Å²) >= 11 is 0. The molecule has 2 N–H and O–H groups in total. The quantitative estimate of drug-likeness (QED) is 0.612. The molecule has 0 heterocycles. The highest BCUT2D eigenvalue weighted by Crippen LogP contribution is 2.31. The van der Waals surface area contributed by atoms with Gasteiger partial charge in [0.2, 0.25) is 10.0 Å². The van der Waals surface area contributed by atoms with Crippen molar-refractivity contribution in [3.63, 3.8) is 0 Å². The van der Waals surface area contributed by atoms with E-state index in [1.165, 1.54) is 7.05 Å². The fourth-order valence-corrected chi connectivity index (χ4v) is 3.13. The van der Waals surface area contributed by atoms with E-state index in [-0.39, 0.29) is 12.2 Å². The van der Waals surface area contributed by atoms with Crippen LogP contribution in [-0.2, 0) is 10.0 Å². The van der Waals surface area contributed by atoms with Crippen molar-refractivity contribution in [2.24, 2.45) is 5.92 Å². The molecule has 1 fully saturated rings. The highest BCUT2D eigenvalue weighted by atomic mass is 32.2. The first-order valence-corrected chi connectivity index (χ1v) is 7.49. The summed E-state index contributed by atoms with van der Waals surface area (Å²) in [6, 6.07) is 1.60. The van der Waals surface area contributed by atoms with Gasteiger partial charge in [0.25, 0.3) is 5.69 Å². The second-order valence-electron chi connectivity index (χ2n) is 4.61. The summed E-state index contributed by atoms with van der Waals surface area (Å²) in [6.07, 6.45) is 1.90. The smallest absolute Gasteiger partial charge is 0.274 e. The Morgan fingerprint density at radius 2 is 2.10 bits per heavy atom. The third-order valence-corrected chi connectivity index (χ3v) is 4.54. The first kappa shape index (κ1) is 14.7. The molecule has 110 valence electrons. The lowest BCUT2D eigenvalue weighted by atomic mass is 10.2. The van der Waals surface area contributed by atoms with Crippen molar-refractivity contribution >= 4 is 21.4 Å². The first-order chi connectivity index (χ1) is 9.35. The van der Waals surface area contributed by atoms with Crippen LogP contribution in [0.3, 0.4) is 0 Å². The molecule has 9 heteroatoms. The second kappa shape index (κ2) is 5.33. The fraction of sp³-hybridized carbons (Fsp3) is 0.455. The van der Waals surface area contributed by atoms with Crippen LogP contribution in [0.4, 0.5) is 15.8 Å². The number of nitrogens with zero attached hydrogens (tertiary/aromatic N) is 1. The van der Waals surface area contributed by atoms with Gasteiger partial charge in [0.15, 0.2) is 5.82 Å². The zero-order valence-electron chi connectivity index (χ0n) is 10.7. The number of sulfonamides is 1. The number of non-ortho nitro benzene ring substituents is 1. The molecule has 1 aromatic carbocycles. The number of hydrogen-bond acceptors (Lipinski definition) is 5. The molecule has 1 aromatic rings. The molecule has 20 heavy (non-hydrogen) atoms. The van der Waals surface area contributed by atoms with Crippen molar-refractivity contribution in [2.75, 3.05) is 18.9 Å². The molecule has 1 aliphatic rings. The van der Waals surface area contributed by atoms with Crippen LogP contribution in [0.2, 0.25) is 0 Å². The second-order valence-corrected chi connectivity index (χ2v) is 6.31. The lowest BCUT2D eigenvalue weighted by molar-refractivity contribution is -0.385. The Balaban J connectivity index is 2.40. The van der Waals surface area contributed by atoms with Crippen molar-refractivity contribution in [3.8, 4) is 0 Å². The number of nitro groups is 1. The summed E-state index contributed by atoms with van der Waals surface area (Å²) in [5.74, 6) is -0.851. The number of anilines is 1. The SMILES string of the molecule is CNc1cc([N+](=O)[O-])cc(F)c1S(=O)(=O)NCC1CC1. The van der Waals surface area contributed by atoms with E-state index >= 15 is 0 Å². The van der Waals surface area contributed by atoms with E-state index in [9.17, 15) is 22.9 Å². The molecule has 0 radical (unpaired) electrons. The molecular formula is C11H14FN3O4S. The lowest BCUT2D eigenvalue weighted by Gasteiger charge is -2.12. The highest BCUT2D eigenvalue weighted by Gasteiger charge is 2.29. The van der Waals surface area contributed by atoms with E-state index in [0.717, 1.165) is 18.9 Å². The predicted molar refractivity (Wildman–Crippen MR) is 70.5 cm³/mol. The summed E-state index contributed by atoms with van der Waals surface area (Å²) in [5, 5.41) is 13.1. The number of nitrogens with one attached hydrogen (secondary N) is 2. The number of nitro benzene ring substituents is 1. The van der Waals surface area contributed by atoms with Crippen LogP contribution in [0.1, 0.15) is 12.8 Å². The van der Waals surface area contributed by atoms with E-state index in [2.05, 4.69) is 10.0 Å². The molecule has 0 aliphatic heterocycles. The van der Waals surface area contributed by atoms with Gasteiger partial charge in [0.1, 0.15) is 4.90 Å². The molecule has 0 atom stereocenters. The third-order valence-electron chi connectivity index (χ3n) is 3.04. The minimum atomic E-state index is -4.04. The van der Waals surface area contributed by atoms with Crippen LogP contribution in [0.15, 0.2) is 17.0 Å². The maximum atomic E-state index is 13.9. The van der Waals surface area contributed by atoms with Gasteiger partial charge >= 0.3 is 0 Å². The molecule has 0 spiro atoms. The summed E-state index contributed by atoms with van der Waals surface area (Å²) in [6.45, 7) is 0.252. The van der Waals surface area contributed by atoms with Gasteiger partial charge in [0, 0.05) is 19.7 Å². The zero-order chi connectivity index (χ0) is 14.9. The van der Waals surface area contributed by atoms with Crippen LogP contribution in [0.5, 0.6) is 0 Å². The molecule has 1 aliphatic carbocycles. The minimum absolute atomic E-state index is 0.139. The van der Waals surface area contributed by atoms with Gasteiger partial charge in [-0.3, -0.25) is 10.1 Å². The molecule has 1 saturated carbocycles. The summed E-state index contributed by atoms with van der Waals surface area (Å²) < 4.78 is 40.4. The number of rotatable bonds is 6. The van der Waals surface area contributed by atoms with E-state index in [1.54, 1.807) is 0 Å². The zero-order valence-corrected chi connectivity index (χ0v) is 11.5. The van der Waals surface area contributed by atoms with Crippen LogP contribution in [0, 0.1) is 21.8 Å². The number of hydrogen-bond donors (Lipinski definition) is 2. The summed E-state index contributed by atoms with van der Waals surface area (Å²) in [5.41, 5.74) is -0.645. The Morgan fingerprint density at radius 1 is 1.45 bits per heavy atom. The predicted octanol–water partition coefficient (Wildman–Crippen LogP) is 1.46. The van der Waals surface area contributed by atoms with E-state index in [4.69, 9.17) is 0 Å². The molecule has 0 amide bonds. The summed E-state index contributed by atoms with van der Waals surface area (Å²) in [7, 11) is -2.67. The third kappa shape index (κ3) is 3.05. The maximum absolute atomic E-state index is 13.9.